The third kappa shape index (κ3) is 3.31. The van der Waals surface area contributed by atoms with Crippen molar-refractivity contribution in [3.8, 4) is 22.9 Å². The number of nitrogens with zero attached hydrogens (tertiary/aromatic N) is 3. The maximum atomic E-state index is 12.9. The van der Waals surface area contributed by atoms with Crippen molar-refractivity contribution in [1.82, 2.24) is 14.7 Å². The summed E-state index contributed by atoms with van der Waals surface area (Å²) in [4.78, 5) is 14.5. The normalized spacial score (nSPS) is 12.1. The highest BCUT2D eigenvalue weighted by Gasteiger charge is 2.22. The predicted molar refractivity (Wildman–Crippen MR) is 98.5 cm³/mol. The number of rotatable bonds is 5. The van der Waals surface area contributed by atoms with Crippen molar-refractivity contribution in [2.45, 2.75) is 6.54 Å². The van der Waals surface area contributed by atoms with Gasteiger partial charge in [0.15, 0.2) is 22.9 Å². The van der Waals surface area contributed by atoms with E-state index >= 15 is 0 Å². The average Bonchev–Trinajstić information content (AvgIpc) is 3.34. The molecule has 0 N–H and O–H groups in total. The largest absolute Gasteiger partial charge is 0.493 e. The average molecular weight is 365 g/mol. The minimum absolute atomic E-state index is 0.223. The molecule has 0 fully saturated rings. The lowest BCUT2D eigenvalue weighted by molar-refractivity contribution is 0.0775. The molecule has 0 bridgehead atoms. The second kappa shape index (κ2) is 7.03. The minimum Gasteiger partial charge on any atom is -0.493 e. The molecule has 0 saturated heterocycles. The maximum absolute atomic E-state index is 12.9. The van der Waals surface area contributed by atoms with E-state index in [1.54, 1.807) is 22.8 Å². The molecule has 4 rings (SSSR count). The minimum atomic E-state index is -0.223. The first-order valence-corrected chi connectivity index (χ1v) is 8.49. The standard InChI is InChI=1S/C20H19N3O4/c1-22(11-14-8-9-16-17(10-14)27-13-26-16)20(24)19-18(25-2)12-23(21-19)15-6-4-3-5-7-15/h3-10,12H,11,13H2,1-2H3. The van der Waals surface area contributed by atoms with E-state index in [4.69, 9.17) is 14.2 Å². The van der Waals surface area contributed by atoms with Crippen LogP contribution >= 0.6 is 0 Å². The molecule has 1 aliphatic heterocycles. The highest BCUT2D eigenvalue weighted by molar-refractivity contribution is 5.94. The van der Waals surface area contributed by atoms with Crippen LogP contribution in [-0.2, 0) is 6.54 Å². The summed E-state index contributed by atoms with van der Waals surface area (Å²) >= 11 is 0. The summed E-state index contributed by atoms with van der Waals surface area (Å²) in [5, 5.41) is 4.43. The molecule has 27 heavy (non-hydrogen) atoms. The summed E-state index contributed by atoms with van der Waals surface area (Å²) in [7, 11) is 3.26. The quantitative estimate of drug-likeness (QED) is 0.696. The maximum Gasteiger partial charge on any atom is 0.278 e. The van der Waals surface area contributed by atoms with Gasteiger partial charge in [-0.3, -0.25) is 4.79 Å². The molecule has 7 heteroatoms. The van der Waals surface area contributed by atoms with Gasteiger partial charge in [-0.1, -0.05) is 24.3 Å². The van der Waals surface area contributed by atoms with E-state index < -0.39 is 0 Å². The van der Waals surface area contributed by atoms with Crippen molar-refractivity contribution in [2.24, 2.45) is 0 Å². The topological polar surface area (TPSA) is 65.8 Å². The molecule has 3 aromatic rings. The molecule has 0 spiro atoms. The van der Waals surface area contributed by atoms with Crippen molar-refractivity contribution in [3.05, 3.63) is 66.0 Å². The number of para-hydroxylation sites is 1. The summed E-state index contributed by atoms with van der Waals surface area (Å²) in [6, 6.07) is 15.2. The van der Waals surface area contributed by atoms with Gasteiger partial charge in [-0.15, -0.1) is 0 Å². The van der Waals surface area contributed by atoms with Crippen LogP contribution < -0.4 is 14.2 Å². The van der Waals surface area contributed by atoms with Crippen molar-refractivity contribution in [3.63, 3.8) is 0 Å². The fourth-order valence-electron chi connectivity index (χ4n) is 2.93. The summed E-state index contributed by atoms with van der Waals surface area (Å²) in [6.07, 6.45) is 1.71. The second-order valence-corrected chi connectivity index (χ2v) is 6.18. The predicted octanol–water partition coefficient (Wildman–Crippen LogP) is 2.88. The van der Waals surface area contributed by atoms with Gasteiger partial charge in [0.05, 0.1) is 19.0 Å². The highest BCUT2D eigenvalue weighted by Crippen LogP contribution is 2.33. The molecule has 0 saturated carbocycles. The Kier molecular flexibility index (Phi) is 4.42. The Morgan fingerprint density at radius 2 is 1.96 bits per heavy atom. The van der Waals surface area contributed by atoms with E-state index in [9.17, 15) is 4.79 Å². The SMILES string of the molecule is COc1cn(-c2ccccc2)nc1C(=O)N(C)Cc1ccc2c(c1)OCO2. The van der Waals surface area contributed by atoms with Crippen molar-refractivity contribution in [2.75, 3.05) is 21.0 Å². The van der Waals surface area contributed by atoms with Gasteiger partial charge >= 0.3 is 0 Å². The highest BCUT2D eigenvalue weighted by atomic mass is 16.7. The van der Waals surface area contributed by atoms with Gasteiger partial charge in [-0.25, -0.2) is 4.68 Å². The zero-order valence-electron chi connectivity index (χ0n) is 15.1. The molecule has 1 aliphatic rings. The van der Waals surface area contributed by atoms with Crippen LogP contribution in [0.15, 0.2) is 54.7 Å². The van der Waals surface area contributed by atoms with E-state index in [1.807, 2.05) is 48.5 Å². The molecule has 2 heterocycles. The van der Waals surface area contributed by atoms with Crippen LogP contribution in [0.2, 0.25) is 0 Å². The first-order valence-electron chi connectivity index (χ1n) is 8.49. The van der Waals surface area contributed by atoms with Gasteiger partial charge in [0, 0.05) is 13.6 Å². The number of hydrogen-bond acceptors (Lipinski definition) is 5. The molecule has 1 aromatic heterocycles. The number of hydrogen-bond donors (Lipinski definition) is 0. The van der Waals surface area contributed by atoms with Crippen LogP contribution in [0.1, 0.15) is 16.1 Å². The molecule has 0 atom stereocenters. The number of carbonyl (C=O) groups excluding carboxylic acids is 1. The Morgan fingerprint density at radius 3 is 2.74 bits per heavy atom. The van der Waals surface area contributed by atoms with Crippen molar-refractivity contribution in [1.29, 1.82) is 0 Å². The van der Waals surface area contributed by atoms with Crippen LogP contribution in [0, 0.1) is 0 Å². The molecule has 0 aliphatic carbocycles. The Balaban J connectivity index is 1.55. The Hall–Kier alpha value is -3.48. The van der Waals surface area contributed by atoms with E-state index in [-0.39, 0.29) is 18.4 Å². The van der Waals surface area contributed by atoms with E-state index in [1.165, 1.54) is 7.11 Å². The number of benzene rings is 2. The van der Waals surface area contributed by atoms with Crippen molar-refractivity contribution >= 4 is 5.91 Å². The summed E-state index contributed by atoms with van der Waals surface area (Å²) < 4.78 is 17.7. The first-order chi connectivity index (χ1) is 13.2. The zero-order valence-corrected chi connectivity index (χ0v) is 15.1. The second-order valence-electron chi connectivity index (χ2n) is 6.18. The number of carbonyl (C=O) groups is 1. The Morgan fingerprint density at radius 1 is 1.19 bits per heavy atom. The van der Waals surface area contributed by atoms with E-state index in [0.29, 0.717) is 18.0 Å². The fourth-order valence-corrected chi connectivity index (χ4v) is 2.93. The molecule has 138 valence electrons. The lowest BCUT2D eigenvalue weighted by Crippen LogP contribution is -2.27. The number of ether oxygens (including phenoxy) is 3. The monoisotopic (exact) mass is 365 g/mol. The van der Waals surface area contributed by atoms with E-state index in [2.05, 4.69) is 5.10 Å². The summed E-state index contributed by atoms with van der Waals surface area (Å²) in [5.74, 6) is 1.62. The van der Waals surface area contributed by atoms with Crippen LogP contribution in [0.25, 0.3) is 5.69 Å². The van der Waals surface area contributed by atoms with Crippen LogP contribution in [0.3, 0.4) is 0 Å². The van der Waals surface area contributed by atoms with Gasteiger partial charge in [0.2, 0.25) is 6.79 Å². The molecule has 1 amide bonds. The molecule has 0 unspecified atom stereocenters. The van der Waals surface area contributed by atoms with Crippen LogP contribution in [0.4, 0.5) is 0 Å². The third-order valence-corrected chi connectivity index (χ3v) is 4.33. The first kappa shape index (κ1) is 17.0. The number of fused-ring (bicyclic) bond motifs is 1. The van der Waals surface area contributed by atoms with Crippen LogP contribution in [-0.4, -0.2) is 41.5 Å². The molecule has 2 aromatic carbocycles. The van der Waals surface area contributed by atoms with Crippen LogP contribution in [0.5, 0.6) is 17.2 Å². The van der Waals surface area contributed by atoms with Gasteiger partial charge < -0.3 is 19.1 Å². The fraction of sp³-hybridized carbons (Fsp3) is 0.200. The number of aromatic nitrogens is 2. The zero-order chi connectivity index (χ0) is 18.8. The molecular formula is C20H19N3O4. The van der Waals surface area contributed by atoms with Gasteiger partial charge in [-0.2, -0.15) is 5.10 Å². The summed E-state index contributed by atoms with van der Waals surface area (Å²) in [5.41, 5.74) is 2.06. The summed E-state index contributed by atoms with van der Waals surface area (Å²) in [6.45, 7) is 0.637. The number of methoxy groups -OCH3 is 1. The molecule has 7 nitrogen and oxygen atoms in total. The lowest BCUT2D eigenvalue weighted by atomic mass is 10.2. The lowest BCUT2D eigenvalue weighted by Gasteiger charge is -2.16. The third-order valence-electron chi connectivity index (χ3n) is 4.33. The van der Waals surface area contributed by atoms with E-state index in [0.717, 1.165) is 17.0 Å². The van der Waals surface area contributed by atoms with Crippen molar-refractivity contribution < 1.29 is 19.0 Å². The molecule has 0 radical (unpaired) electrons. The van der Waals surface area contributed by atoms with Gasteiger partial charge in [0.1, 0.15) is 0 Å². The number of amides is 1. The Labute approximate surface area is 156 Å². The smallest absolute Gasteiger partial charge is 0.278 e. The Bertz CT molecular complexity index is 969. The van der Waals surface area contributed by atoms with Gasteiger partial charge in [-0.05, 0) is 29.8 Å². The van der Waals surface area contributed by atoms with Gasteiger partial charge in [0.25, 0.3) is 5.91 Å². The molecular weight excluding hydrogens is 346 g/mol.